The molecule has 0 heterocycles. The van der Waals surface area contributed by atoms with E-state index in [0.29, 0.717) is 27.8 Å². The molecule has 7 heteroatoms. The highest BCUT2D eigenvalue weighted by molar-refractivity contribution is 6.36. The highest BCUT2D eigenvalue weighted by Crippen LogP contribution is 2.31. The number of carbonyl (C=O) groups is 2. The average Bonchev–Trinajstić information content (AvgIpc) is 3.31. The average molecular weight is 520 g/mol. The predicted octanol–water partition coefficient (Wildman–Crippen LogP) is 6.54. The van der Waals surface area contributed by atoms with Gasteiger partial charge in [-0.05, 0) is 48.4 Å². The Labute approximate surface area is 219 Å². The molecule has 2 aromatic carbocycles. The summed E-state index contributed by atoms with van der Waals surface area (Å²) < 4.78 is 6.02. The number of nitrogens with zero attached hydrogens (tertiary/aromatic N) is 1. The van der Waals surface area contributed by atoms with Gasteiger partial charge in [-0.15, -0.1) is 0 Å². The van der Waals surface area contributed by atoms with Gasteiger partial charge >= 0.3 is 0 Å². The monoisotopic (exact) mass is 518 g/mol. The summed E-state index contributed by atoms with van der Waals surface area (Å²) >= 11 is 12.9. The lowest BCUT2D eigenvalue weighted by Gasteiger charge is -2.32. The van der Waals surface area contributed by atoms with Gasteiger partial charge in [0.05, 0.1) is 0 Å². The molecule has 190 valence electrons. The number of benzene rings is 2. The molecule has 1 aliphatic rings. The number of carbonyl (C=O) groups excluding carboxylic acids is 2. The smallest absolute Gasteiger partial charge is 0.261 e. The van der Waals surface area contributed by atoms with Crippen LogP contribution in [-0.2, 0) is 21.5 Å². The van der Waals surface area contributed by atoms with Crippen LogP contribution in [0.3, 0.4) is 0 Å². The number of hydrogen-bond acceptors (Lipinski definition) is 3. The zero-order valence-electron chi connectivity index (χ0n) is 21.1. The predicted molar refractivity (Wildman–Crippen MR) is 142 cm³/mol. The third-order valence-corrected chi connectivity index (χ3v) is 7.23. The van der Waals surface area contributed by atoms with Crippen LogP contribution < -0.4 is 10.1 Å². The van der Waals surface area contributed by atoms with Gasteiger partial charge in [0.25, 0.3) is 5.91 Å². The molecule has 1 saturated carbocycles. The summed E-state index contributed by atoms with van der Waals surface area (Å²) in [4.78, 5) is 28.4. The van der Waals surface area contributed by atoms with Gasteiger partial charge in [0.1, 0.15) is 11.8 Å². The van der Waals surface area contributed by atoms with E-state index in [-0.39, 0.29) is 36.4 Å². The highest BCUT2D eigenvalue weighted by atomic mass is 35.5. The summed E-state index contributed by atoms with van der Waals surface area (Å²) in [7, 11) is 0. The quantitative estimate of drug-likeness (QED) is 0.410. The molecular formula is C28H36Cl2N2O3. The summed E-state index contributed by atoms with van der Waals surface area (Å²) in [5.41, 5.74) is 1.49. The molecule has 0 saturated heterocycles. The lowest BCUT2D eigenvalue weighted by Crippen LogP contribution is -2.52. The number of nitrogens with one attached hydrogen (secondary N) is 1. The lowest BCUT2D eigenvalue weighted by molar-refractivity contribution is -0.143. The third kappa shape index (κ3) is 7.14. The highest BCUT2D eigenvalue weighted by Gasteiger charge is 2.32. The van der Waals surface area contributed by atoms with Crippen LogP contribution in [0, 0.1) is 0 Å². The van der Waals surface area contributed by atoms with E-state index in [1.54, 1.807) is 23.1 Å². The summed E-state index contributed by atoms with van der Waals surface area (Å²) in [6.45, 7) is 8.14. The molecule has 3 rings (SSSR count). The standard InChI is InChI=1S/C28H36Cl2N2O3/c1-5-24(27(34)31-19-11-6-7-12-19)32(17-20-22(29)14-10-15-23(20)30)26(33)18-35-25-16-9-8-13-21(25)28(2,3)4/h8-10,13-16,19,24H,5-7,11-12,17-18H2,1-4H3,(H,31,34)/t24-/m1/s1. The minimum atomic E-state index is -0.656. The molecule has 1 N–H and O–H groups in total. The van der Waals surface area contributed by atoms with Crippen molar-refractivity contribution >= 4 is 35.0 Å². The van der Waals surface area contributed by atoms with Gasteiger partial charge in [0.2, 0.25) is 5.91 Å². The second-order valence-electron chi connectivity index (χ2n) is 10.2. The number of ether oxygens (including phenoxy) is 1. The lowest BCUT2D eigenvalue weighted by atomic mass is 9.86. The first-order valence-corrected chi connectivity index (χ1v) is 13.1. The maximum atomic E-state index is 13.6. The summed E-state index contributed by atoms with van der Waals surface area (Å²) in [5, 5.41) is 4.06. The van der Waals surface area contributed by atoms with E-state index < -0.39 is 6.04 Å². The summed E-state index contributed by atoms with van der Waals surface area (Å²) in [6, 6.07) is 12.5. The van der Waals surface area contributed by atoms with Crippen LogP contribution in [0.5, 0.6) is 5.75 Å². The molecule has 0 unspecified atom stereocenters. The number of para-hydroxylation sites is 1. The van der Waals surface area contributed by atoms with Gasteiger partial charge in [-0.3, -0.25) is 9.59 Å². The zero-order chi connectivity index (χ0) is 25.6. The van der Waals surface area contributed by atoms with Crippen LogP contribution in [0.1, 0.15) is 70.9 Å². The molecule has 0 spiro atoms. The Morgan fingerprint density at radius 1 is 1.06 bits per heavy atom. The van der Waals surface area contributed by atoms with E-state index in [9.17, 15) is 9.59 Å². The van der Waals surface area contributed by atoms with Gasteiger partial charge in [-0.25, -0.2) is 0 Å². The van der Waals surface area contributed by atoms with Gasteiger partial charge < -0.3 is 15.0 Å². The second-order valence-corrected chi connectivity index (χ2v) is 11.0. The molecule has 0 radical (unpaired) electrons. The number of halogens is 2. The summed E-state index contributed by atoms with van der Waals surface area (Å²) in [5.74, 6) is 0.219. The largest absolute Gasteiger partial charge is 0.483 e. The van der Waals surface area contributed by atoms with Crippen LogP contribution >= 0.6 is 23.2 Å². The van der Waals surface area contributed by atoms with E-state index in [4.69, 9.17) is 27.9 Å². The van der Waals surface area contributed by atoms with Crippen LogP contribution in [0.2, 0.25) is 10.0 Å². The van der Waals surface area contributed by atoms with E-state index in [1.807, 2.05) is 31.2 Å². The molecule has 2 amide bonds. The van der Waals surface area contributed by atoms with Crippen molar-refractivity contribution in [2.75, 3.05) is 6.61 Å². The molecule has 0 aromatic heterocycles. The van der Waals surface area contributed by atoms with Crippen molar-refractivity contribution in [1.29, 1.82) is 0 Å². The van der Waals surface area contributed by atoms with Crippen molar-refractivity contribution in [2.24, 2.45) is 0 Å². The normalized spacial score (nSPS) is 15.0. The zero-order valence-corrected chi connectivity index (χ0v) is 22.6. The van der Waals surface area contributed by atoms with Crippen molar-refractivity contribution in [3.8, 4) is 5.75 Å². The van der Waals surface area contributed by atoms with Crippen LogP contribution in [-0.4, -0.2) is 35.4 Å². The van der Waals surface area contributed by atoms with E-state index in [2.05, 4.69) is 26.1 Å². The molecule has 0 aliphatic heterocycles. The molecule has 1 fully saturated rings. The maximum absolute atomic E-state index is 13.6. The Hall–Kier alpha value is -2.24. The van der Waals surface area contributed by atoms with Crippen molar-refractivity contribution in [2.45, 2.75) is 83.8 Å². The van der Waals surface area contributed by atoms with Crippen LogP contribution in [0.25, 0.3) is 0 Å². The first-order chi connectivity index (χ1) is 16.6. The summed E-state index contributed by atoms with van der Waals surface area (Å²) in [6.07, 6.45) is 4.63. The van der Waals surface area contributed by atoms with E-state index in [1.165, 1.54) is 0 Å². The Bertz CT molecular complexity index is 1010. The molecule has 0 bridgehead atoms. The van der Waals surface area contributed by atoms with Crippen molar-refractivity contribution in [1.82, 2.24) is 10.2 Å². The first-order valence-electron chi connectivity index (χ1n) is 12.4. The van der Waals surface area contributed by atoms with Gasteiger partial charge in [-0.2, -0.15) is 0 Å². The molecule has 35 heavy (non-hydrogen) atoms. The maximum Gasteiger partial charge on any atom is 0.261 e. The second kappa shape index (κ2) is 12.1. The minimum absolute atomic E-state index is 0.123. The number of rotatable bonds is 9. The van der Waals surface area contributed by atoms with Crippen LogP contribution in [0.15, 0.2) is 42.5 Å². The fourth-order valence-corrected chi connectivity index (χ4v) is 5.09. The molecular weight excluding hydrogens is 483 g/mol. The fourth-order valence-electron chi connectivity index (χ4n) is 4.58. The fraction of sp³-hybridized carbons (Fsp3) is 0.500. The molecule has 1 atom stereocenters. The van der Waals surface area contributed by atoms with Gasteiger partial charge in [0.15, 0.2) is 6.61 Å². The third-order valence-electron chi connectivity index (χ3n) is 6.52. The topological polar surface area (TPSA) is 58.6 Å². The van der Waals surface area contributed by atoms with Crippen LogP contribution in [0.4, 0.5) is 0 Å². The Morgan fingerprint density at radius 3 is 2.29 bits per heavy atom. The van der Waals surface area contributed by atoms with Crippen molar-refractivity contribution in [3.63, 3.8) is 0 Å². The number of amides is 2. The Kier molecular flexibility index (Phi) is 9.48. The first kappa shape index (κ1) is 27.3. The Balaban J connectivity index is 1.85. The molecule has 1 aliphatic carbocycles. The SMILES string of the molecule is CC[C@H](C(=O)NC1CCCC1)N(Cc1c(Cl)cccc1Cl)C(=O)COc1ccccc1C(C)(C)C. The minimum Gasteiger partial charge on any atom is -0.483 e. The number of hydrogen-bond donors (Lipinski definition) is 1. The molecule has 5 nitrogen and oxygen atoms in total. The van der Waals surface area contributed by atoms with Crippen molar-refractivity contribution < 1.29 is 14.3 Å². The van der Waals surface area contributed by atoms with E-state index >= 15 is 0 Å². The van der Waals surface area contributed by atoms with Gasteiger partial charge in [-0.1, -0.05) is 88.0 Å². The van der Waals surface area contributed by atoms with Crippen molar-refractivity contribution in [3.05, 3.63) is 63.6 Å². The van der Waals surface area contributed by atoms with Gasteiger partial charge in [0, 0.05) is 28.2 Å². The van der Waals surface area contributed by atoms with E-state index in [0.717, 1.165) is 31.2 Å². The Morgan fingerprint density at radius 2 is 1.69 bits per heavy atom. The molecule has 2 aromatic rings.